The van der Waals surface area contributed by atoms with E-state index in [-0.39, 0.29) is 11.9 Å². The first-order valence-electron chi connectivity index (χ1n) is 7.32. The van der Waals surface area contributed by atoms with Gasteiger partial charge in [0, 0.05) is 30.2 Å². The second kappa shape index (κ2) is 8.28. The normalized spacial score (nSPS) is 10.2. The number of urea groups is 1. The summed E-state index contributed by atoms with van der Waals surface area (Å²) < 4.78 is 0. The van der Waals surface area contributed by atoms with E-state index in [1.165, 1.54) is 6.92 Å². The highest BCUT2D eigenvalue weighted by Gasteiger charge is 2.03. The molecule has 1 aromatic heterocycles. The van der Waals surface area contributed by atoms with Crippen LogP contribution in [0, 0.1) is 6.92 Å². The predicted octanol–water partition coefficient (Wildman–Crippen LogP) is 2.45. The number of benzene rings is 1. The molecule has 3 amide bonds. The van der Waals surface area contributed by atoms with E-state index in [0.29, 0.717) is 13.1 Å². The lowest BCUT2D eigenvalue weighted by Gasteiger charge is -2.07. The van der Waals surface area contributed by atoms with Gasteiger partial charge in [-0.1, -0.05) is 12.1 Å². The summed E-state index contributed by atoms with van der Waals surface area (Å²) in [4.78, 5) is 27.8. The van der Waals surface area contributed by atoms with Crippen LogP contribution in [0.15, 0.2) is 30.5 Å². The predicted molar refractivity (Wildman–Crippen MR) is 91.5 cm³/mol. The van der Waals surface area contributed by atoms with E-state index in [9.17, 15) is 9.59 Å². The van der Waals surface area contributed by atoms with Gasteiger partial charge in [0.25, 0.3) is 0 Å². The van der Waals surface area contributed by atoms with Gasteiger partial charge in [-0.25, -0.2) is 9.78 Å². The maximum absolute atomic E-state index is 11.7. The van der Waals surface area contributed by atoms with Crippen LogP contribution in [0.25, 0.3) is 0 Å². The molecule has 0 bridgehead atoms. The molecular weight excluding hydrogens is 312 g/mol. The third-order valence-corrected chi connectivity index (χ3v) is 3.98. The van der Waals surface area contributed by atoms with Gasteiger partial charge in [-0.15, -0.1) is 11.3 Å². The Kier molecular flexibility index (Phi) is 6.10. The van der Waals surface area contributed by atoms with Crippen molar-refractivity contribution in [3.63, 3.8) is 0 Å². The summed E-state index contributed by atoms with van der Waals surface area (Å²) in [6.45, 7) is 4.45. The van der Waals surface area contributed by atoms with Gasteiger partial charge in [-0.2, -0.15) is 0 Å². The van der Waals surface area contributed by atoms with E-state index in [1.807, 2.05) is 31.2 Å². The Labute approximate surface area is 139 Å². The molecule has 0 aliphatic rings. The fourth-order valence-electron chi connectivity index (χ4n) is 2.00. The van der Waals surface area contributed by atoms with Gasteiger partial charge in [0.05, 0.1) is 11.6 Å². The van der Waals surface area contributed by atoms with E-state index in [0.717, 1.165) is 27.6 Å². The van der Waals surface area contributed by atoms with Crippen LogP contribution < -0.4 is 16.0 Å². The van der Waals surface area contributed by atoms with E-state index >= 15 is 0 Å². The number of aromatic nitrogens is 1. The number of rotatable bonds is 6. The minimum Gasteiger partial charge on any atom is -0.338 e. The molecule has 1 heterocycles. The minimum absolute atomic E-state index is 0.0905. The zero-order chi connectivity index (χ0) is 16.7. The van der Waals surface area contributed by atoms with Gasteiger partial charge < -0.3 is 16.0 Å². The summed E-state index contributed by atoms with van der Waals surface area (Å²) >= 11 is 1.57. The molecule has 0 spiro atoms. The SMILES string of the molecule is CC(=O)Nc1ccc(CCNC(=O)NCc2cnc(C)s2)cc1. The summed E-state index contributed by atoms with van der Waals surface area (Å²) in [5.74, 6) is -0.0905. The maximum Gasteiger partial charge on any atom is 0.315 e. The molecule has 7 heteroatoms. The lowest BCUT2D eigenvalue weighted by Crippen LogP contribution is -2.36. The summed E-state index contributed by atoms with van der Waals surface area (Å²) in [7, 11) is 0. The van der Waals surface area contributed by atoms with E-state index in [1.54, 1.807) is 17.5 Å². The van der Waals surface area contributed by atoms with Crippen LogP contribution in [0.3, 0.4) is 0 Å². The topological polar surface area (TPSA) is 83.1 Å². The van der Waals surface area contributed by atoms with Crippen molar-refractivity contribution in [2.45, 2.75) is 26.8 Å². The van der Waals surface area contributed by atoms with Crippen LogP contribution in [-0.4, -0.2) is 23.5 Å². The average Bonchev–Trinajstić information content (AvgIpc) is 2.92. The Morgan fingerprint density at radius 2 is 1.91 bits per heavy atom. The minimum atomic E-state index is -0.189. The molecular formula is C16H20N4O2S. The van der Waals surface area contributed by atoms with Crippen LogP contribution in [0.1, 0.15) is 22.4 Å². The Morgan fingerprint density at radius 3 is 2.52 bits per heavy atom. The fourth-order valence-corrected chi connectivity index (χ4v) is 2.73. The molecule has 0 aliphatic heterocycles. The Balaban J connectivity index is 1.67. The summed E-state index contributed by atoms with van der Waals surface area (Å²) in [6.07, 6.45) is 2.50. The van der Waals surface area contributed by atoms with Crippen molar-refractivity contribution < 1.29 is 9.59 Å². The number of hydrogen-bond donors (Lipinski definition) is 3. The van der Waals surface area contributed by atoms with Crippen molar-refractivity contribution >= 4 is 29.0 Å². The van der Waals surface area contributed by atoms with Gasteiger partial charge in [0.15, 0.2) is 0 Å². The number of amides is 3. The van der Waals surface area contributed by atoms with Gasteiger partial charge in [-0.3, -0.25) is 4.79 Å². The number of aryl methyl sites for hydroxylation is 1. The zero-order valence-corrected chi connectivity index (χ0v) is 14.0. The number of nitrogens with zero attached hydrogens (tertiary/aromatic N) is 1. The van der Waals surface area contributed by atoms with Crippen LogP contribution in [0.4, 0.5) is 10.5 Å². The molecule has 0 unspecified atom stereocenters. The standard InChI is InChI=1S/C16H20N4O2S/c1-11(21)20-14-5-3-13(4-6-14)7-8-17-16(22)19-10-15-9-18-12(2)23-15/h3-6,9H,7-8,10H2,1-2H3,(H,20,21)(H2,17,19,22). The second-order valence-electron chi connectivity index (χ2n) is 5.08. The third-order valence-electron chi connectivity index (χ3n) is 3.07. The quantitative estimate of drug-likeness (QED) is 0.760. The molecule has 0 radical (unpaired) electrons. The van der Waals surface area contributed by atoms with Crippen molar-refractivity contribution in [3.8, 4) is 0 Å². The lowest BCUT2D eigenvalue weighted by molar-refractivity contribution is -0.114. The third kappa shape index (κ3) is 6.07. The molecule has 122 valence electrons. The van der Waals surface area contributed by atoms with Gasteiger partial charge in [-0.05, 0) is 31.0 Å². The molecule has 0 aliphatic carbocycles. The molecule has 0 saturated heterocycles. The van der Waals surface area contributed by atoms with Crippen molar-refractivity contribution in [2.24, 2.45) is 0 Å². The number of thiazole rings is 1. The molecule has 2 rings (SSSR count). The Morgan fingerprint density at radius 1 is 1.17 bits per heavy atom. The second-order valence-corrected chi connectivity index (χ2v) is 6.40. The first kappa shape index (κ1) is 17.0. The van der Waals surface area contributed by atoms with Crippen molar-refractivity contribution in [2.75, 3.05) is 11.9 Å². The van der Waals surface area contributed by atoms with Gasteiger partial charge in [0.1, 0.15) is 0 Å². The number of hydrogen-bond acceptors (Lipinski definition) is 4. The van der Waals surface area contributed by atoms with Crippen LogP contribution in [-0.2, 0) is 17.8 Å². The van der Waals surface area contributed by atoms with E-state index in [2.05, 4.69) is 20.9 Å². The molecule has 0 atom stereocenters. The van der Waals surface area contributed by atoms with Crippen molar-refractivity contribution in [1.29, 1.82) is 0 Å². The maximum atomic E-state index is 11.7. The first-order chi connectivity index (χ1) is 11.0. The summed E-state index contributed by atoms with van der Waals surface area (Å²) in [5.41, 5.74) is 1.87. The largest absolute Gasteiger partial charge is 0.338 e. The molecule has 1 aromatic carbocycles. The van der Waals surface area contributed by atoms with Gasteiger partial charge in [0.2, 0.25) is 5.91 Å². The van der Waals surface area contributed by atoms with Crippen molar-refractivity contribution in [1.82, 2.24) is 15.6 Å². The highest BCUT2D eigenvalue weighted by Crippen LogP contribution is 2.11. The van der Waals surface area contributed by atoms with E-state index < -0.39 is 0 Å². The number of nitrogens with one attached hydrogen (secondary N) is 3. The molecule has 0 saturated carbocycles. The van der Waals surface area contributed by atoms with E-state index in [4.69, 9.17) is 0 Å². The first-order valence-corrected chi connectivity index (χ1v) is 8.14. The molecule has 0 fully saturated rings. The Bertz CT molecular complexity index is 667. The fraction of sp³-hybridized carbons (Fsp3) is 0.312. The highest BCUT2D eigenvalue weighted by atomic mass is 32.1. The molecule has 23 heavy (non-hydrogen) atoms. The van der Waals surface area contributed by atoms with Crippen LogP contribution in [0.2, 0.25) is 0 Å². The Hall–Kier alpha value is -2.41. The van der Waals surface area contributed by atoms with Gasteiger partial charge >= 0.3 is 6.03 Å². The summed E-state index contributed by atoms with van der Waals surface area (Å²) in [5, 5.41) is 9.33. The lowest BCUT2D eigenvalue weighted by atomic mass is 10.1. The molecule has 2 aromatic rings. The number of anilines is 1. The van der Waals surface area contributed by atoms with Crippen molar-refractivity contribution in [3.05, 3.63) is 45.9 Å². The average molecular weight is 332 g/mol. The smallest absolute Gasteiger partial charge is 0.315 e. The van der Waals surface area contributed by atoms with Crippen LogP contribution in [0.5, 0.6) is 0 Å². The zero-order valence-electron chi connectivity index (χ0n) is 13.2. The molecule has 3 N–H and O–H groups in total. The highest BCUT2D eigenvalue weighted by molar-refractivity contribution is 7.11. The summed E-state index contributed by atoms with van der Waals surface area (Å²) in [6, 6.07) is 7.38. The number of carbonyl (C=O) groups is 2. The molecule has 6 nitrogen and oxygen atoms in total. The monoisotopic (exact) mass is 332 g/mol. The van der Waals surface area contributed by atoms with Crippen LogP contribution >= 0.6 is 11.3 Å². The number of carbonyl (C=O) groups excluding carboxylic acids is 2.